The lowest BCUT2D eigenvalue weighted by molar-refractivity contribution is -0.141. The van der Waals surface area contributed by atoms with E-state index in [-0.39, 0.29) is 23.5 Å². The summed E-state index contributed by atoms with van der Waals surface area (Å²) in [7, 11) is -3.11. The van der Waals surface area contributed by atoms with E-state index in [2.05, 4.69) is 5.10 Å². The van der Waals surface area contributed by atoms with Gasteiger partial charge < -0.3 is 9.64 Å². The van der Waals surface area contributed by atoms with Gasteiger partial charge in [-0.2, -0.15) is 5.10 Å². The SMILES string of the molecule is CCN(C(=O)[C@H](C)OC(=O)c1ccc(-n2cccn2)cc1)[C@@H]1CCS(=O)(=O)C1. The number of nitrogens with zero attached hydrogens (tertiary/aromatic N) is 3. The van der Waals surface area contributed by atoms with Crippen LogP contribution in [-0.4, -0.2) is 65.2 Å². The number of carbonyl (C=O) groups excluding carboxylic acids is 2. The van der Waals surface area contributed by atoms with Gasteiger partial charge in [0, 0.05) is 25.0 Å². The van der Waals surface area contributed by atoms with E-state index >= 15 is 0 Å². The predicted octanol–water partition coefficient (Wildman–Crippen LogP) is 1.45. The third kappa shape index (κ3) is 4.41. The van der Waals surface area contributed by atoms with E-state index in [1.54, 1.807) is 54.3 Å². The molecule has 0 aliphatic carbocycles. The number of hydrogen-bond donors (Lipinski definition) is 0. The third-order valence-electron chi connectivity index (χ3n) is 4.78. The van der Waals surface area contributed by atoms with Gasteiger partial charge in [0.1, 0.15) is 0 Å². The largest absolute Gasteiger partial charge is 0.449 e. The van der Waals surface area contributed by atoms with Crippen molar-refractivity contribution < 1.29 is 22.7 Å². The first-order valence-electron chi connectivity index (χ1n) is 9.12. The van der Waals surface area contributed by atoms with Crippen molar-refractivity contribution in [1.29, 1.82) is 0 Å². The smallest absolute Gasteiger partial charge is 0.338 e. The Morgan fingerprint density at radius 3 is 2.57 bits per heavy atom. The monoisotopic (exact) mass is 405 g/mol. The summed E-state index contributed by atoms with van der Waals surface area (Å²) in [6, 6.07) is 8.12. The maximum absolute atomic E-state index is 12.7. The lowest BCUT2D eigenvalue weighted by Gasteiger charge is -2.29. The first-order valence-corrected chi connectivity index (χ1v) is 10.9. The van der Waals surface area contributed by atoms with Crippen molar-refractivity contribution in [2.45, 2.75) is 32.4 Å². The molecule has 1 aliphatic rings. The van der Waals surface area contributed by atoms with Crippen LogP contribution in [-0.2, 0) is 19.4 Å². The first kappa shape index (κ1) is 20.1. The molecule has 150 valence electrons. The molecule has 9 heteroatoms. The second-order valence-corrected chi connectivity index (χ2v) is 8.95. The Bertz CT molecular complexity index is 938. The van der Waals surface area contributed by atoms with Gasteiger partial charge in [-0.15, -0.1) is 0 Å². The van der Waals surface area contributed by atoms with Gasteiger partial charge in [-0.3, -0.25) is 4.79 Å². The number of rotatable bonds is 6. The van der Waals surface area contributed by atoms with Gasteiger partial charge in [0.2, 0.25) is 0 Å². The molecule has 0 bridgehead atoms. The number of esters is 1. The van der Waals surface area contributed by atoms with Crippen LogP contribution < -0.4 is 0 Å². The quantitative estimate of drug-likeness (QED) is 0.675. The summed E-state index contributed by atoms with van der Waals surface area (Å²) in [6.45, 7) is 3.65. The summed E-state index contributed by atoms with van der Waals surface area (Å²) in [4.78, 5) is 26.6. The fourth-order valence-corrected chi connectivity index (χ4v) is 5.03. The van der Waals surface area contributed by atoms with E-state index in [0.29, 0.717) is 18.5 Å². The van der Waals surface area contributed by atoms with Crippen molar-refractivity contribution in [2.75, 3.05) is 18.1 Å². The molecule has 8 nitrogen and oxygen atoms in total. The van der Waals surface area contributed by atoms with Crippen molar-refractivity contribution >= 4 is 21.7 Å². The van der Waals surface area contributed by atoms with Gasteiger partial charge in [0.15, 0.2) is 15.9 Å². The van der Waals surface area contributed by atoms with Gasteiger partial charge in [-0.1, -0.05) is 0 Å². The third-order valence-corrected chi connectivity index (χ3v) is 6.53. The molecule has 1 saturated heterocycles. The normalized spacial score (nSPS) is 19.1. The Labute approximate surface area is 164 Å². The second-order valence-electron chi connectivity index (χ2n) is 6.73. The number of likely N-dealkylation sites (N-methyl/N-ethyl adjacent to an activating group) is 1. The number of sulfone groups is 1. The summed E-state index contributed by atoms with van der Waals surface area (Å²) >= 11 is 0. The number of aromatic nitrogens is 2. The Balaban J connectivity index is 1.63. The molecule has 1 fully saturated rings. The van der Waals surface area contributed by atoms with E-state index < -0.39 is 21.9 Å². The van der Waals surface area contributed by atoms with E-state index in [9.17, 15) is 18.0 Å². The van der Waals surface area contributed by atoms with E-state index in [1.165, 1.54) is 11.8 Å². The molecule has 0 spiro atoms. The molecule has 2 atom stereocenters. The van der Waals surface area contributed by atoms with Gasteiger partial charge in [-0.05, 0) is 50.6 Å². The maximum Gasteiger partial charge on any atom is 0.338 e. The highest BCUT2D eigenvalue weighted by molar-refractivity contribution is 7.91. The molecule has 1 aromatic carbocycles. The minimum atomic E-state index is -3.11. The Morgan fingerprint density at radius 2 is 2.04 bits per heavy atom. The fraction of sp³-hybridized carbons (Fsp3) is 0.421. The molecule has 2 heterocycles. The minimum absolute atomic E-state index is 0.0395. The molecule has 0 N–H and O–H groups in total. The summed E-state index contributed by atoms with van der Waals surface area (Å²) in [5, 5.41) is 4.12. The van der Waals surface area contributed by atoms with Crippen LogP contribution in [0.1, 0.15) is 30.6 Å². The molecular weight excluding hydrogens is 382 g/mol. The molecule has 1 aromatic heterocycles. The molecule has 1 aliphatic heterocycles. The van der Waals surface area contributed by atoms with E-state index in [4.69, 9.17) is 4.74 Å². The zero-order valence-electron chi connectivity index (χ0n) is 15.8. The van der Waals surface area contributed by atoms with E-state index in [1.807, 2.05) is 0 Å². The predicted molar refractivity (Wildman–Crippen MR) is 103 cm³/mol. The molecule has 0 saturated carbocycles. The zero-order valence-corrected chi connectivity index (χ0v) is 16.6. The molecule has 2 aromatic rings. The number of carbonyl (C=O) groups is 2. The van der Waals surface area contributed by atoms with Crippen LogP contribution in [0.25, 0.3) is 5.69 Å². The van der Waals surface area contributed by atoms with Gasteiger partial charge in [0.25, 0.3) is 5.91 Å². The summed E-state index contributed by atoms with van der Waals surface area (Å²) in [5.74, 6) is -0.950. The van der Waals surface area contributed by atoms with Gasteiger partial charge in [-0.25, -0.2) is 17.9 Å². The van der Waals surface area contributed by atoms with Crippen molar-refractivity contribution in [3.05, 3.63) is 48.3 Å². The average molecular weight is 405 g/mol. The molecule has 0 radical (unpaired) electrons. The number of hydrogen-bond acceptors (Lipinski definition) is 6. The average Bonchev–Trinajstić information content (AvgIpc) is 3.32. The Kier molecular flexibility index (Phi) is 5.83. The van der Waals surface area contributed by atoms with Crippen LogP contribution in [0.5, 0.6) is 0 Å². The van der Waals surface area contributed by atoms with E-state index in [0.717, 1.165) is 5.69 Å². The lowest BCUT2D eigenvalue weighted by atomic mass is 10.2. The van der Waals surface area contributed by atoms with Gasteiger partial charge in [0.05, 0.1) is 22.8 Å². The van der Waals surface area contributed by atoms with Crippen LogP contribution in [0.2, 0.25) is 0 Å². The summed E-state index contributed by atoms with van der Waals surface area (Å²) in [6.07, 6.45) is 2.86. The summed E-state index contributed by atoms with van der Waals surface area (Å²) < 4.78 is 30.4. The molecule has 28 heavy (non-hydrogen) atoms. The Morgan fingerprint density at radius 1 is 1.32 bits per heavy atom. The second kappa shape index (κ2) is 8.14. The molecule has 3 rings (SSSR count). The zero-order chi connectivity index (χ0) is 20.3. The number of benzene rings is 1. The number of ether oxygens (including phenoxy) is 1. The van der Waals surface area contributed by atoms with Crippen molar-refractivity contribution in [1.82, 2.24) is 14.7 Å². The topological polar surface area (TPSA) is 98.6 Å². The van der Waals surface area contributed by atoms with Gasteiger partial charge >= 0.3 is 5.97 Å². The lowest BCUT2D eigenvalue weighted by Crippen LogP contribution is -2.46. The highest BCUT2D eigenvalue weighted by atomic mass is 32.2. The van der Waals surface area contributed by atoms with Crippen LogP contribution >= 0.6 is 0 Å². The van der Waals surface area contributed by atoms with Crippen LogP contribution in [0.15, 0.2) is 42.7 Å². The minimum Gasteiger partial charge on any atom is -0.449 e. The first-order chi connectivity index (χ1) is 13.3. The standard InChI is InChI=1S/C19H23N3O5S/c1-3-21(17-9-12-28(25,26)13-17)18(23)14(2)27-19(24)15-5-7-16(8-6-15)22-11-4-10-20-22/h4-8,10-11,14,17H,3,9,12-13H2,1-2H3/t14-,17+/m0/s1. The summed E-state index contributed by atoms with van der Waals surface area (Å²) in [5.41, 5.74) is 1.12. The highest BCUT2D eigenvalue weighted by Crippen LogP contribution is 2.19. The molecular formula is C19H23N3O5S. The van der Waals surface area contributed by atoms with Crippen molar-refractivity contribution in [3.8, 4) is 5.69 Å². The molecule has 0 unspecified atom stereocenters. The molecule has 1 amide bonds. The Hall–Kier alpha value is -2.68. The maximum atomic E-state index is 12.7. The van der Waals surface area contributed by atoms with Crippen molar-refractivity contribution in [3.63, 3.8) is 0 Å². The highest BCUT2D eigenvalue weighted by Gasteiger charge is 2.36. The van der Waals surface area contributed by atoms with Crippen LogP contribution in [0, 0.1) is 0 Å². The number of amides is 1. The fourth-order valence-electron chi connectivity index (χ4n) is 3.30. The van der Waals surface area contributed by atoms with Crippen LogP contribution in [0.3, 0.4) is 0 Å². The van der Waals surface area contributed by atoms with Crippen molar-refractivity contribution in [2.24, 2.45) is 0 Å². The van der Waals surface area contributed by atoms with Crippen LogP contribution in [0.4, 0.5) is 0 Å².